The van der Waals surface area contributed by atoms with Crippen LogP contribution in [-0.2, 0) is 17.8 Å². The molecule has 7 nitrogen and oxygen atoms in total. The fourth-order valence-corrected chi connectivity index (χ4v) is 6.27. The van der Waals surface area contributed by atoms with Crippen LogP contribution in [-0.4, -0.2) is 71.2 Å². The number of hydrogen-bond donors (Lipinski definition) is 1. The molecule has 5 aromatic rings. The summed E-state index contributed by atoms with van der Waals surface area (Å²) in [6.07, 6.45) is 1.14. The van der Waals surface area contributed by atoms with E-state index in [1.807, 2.05) is 65.6 Å². The van der Waals surface area contributed by atoms with Crippen molar-refractivity contribution in [1.82, 2.24) is 14.4 Å². The molecule has 1 aliphatic heterocycles. The number of benzene rings is 4. The summed E-state index contributed by atoms with van der Waals surface area (Å²) in [6.45, 7) is 5.37. The maximum Gasteiger partial charge on any atom is 0.352 e. The molecule has 0 saturated carbocycles. The van der Waals surface area contributed by atoms with E-state index in [1.165, 1.54) is 0 Å². The van der Waals surface area contributed by atoms with Gasteiger partial charge in [0.2, 0.25) is 5.91 Å². The second-order valence-electron chi connectivity index (χ2n) is 11.3. The second-order valence-corrected chi connectivity index (χ2v) is 11.3. The Morgan fingerprint density at radius 2 is 1.49 bits per heavy atom. The number of amides is 1. The zero-order valence-corrected chi connectivity index (χ0v) is 24.8. The molecule has 1 aromatic heterocycles. The first kappa shape index (κ1) is 28.5. The fourth-order valence-electron chi connectivity index (χ4n) is 6.27. The van der Waals surface area contributed by atoms with Crippen LogP contribution in [0.3, 0.4) is 0 Å². The van der Waals surface area contributed by atoms with Gasteiger partial charge in [-0.3, -0.25) is 4.79 Å². The molecular weight excluding hydrogens is 538 g/mol. The van der Waals surface area contributed by atoms with Crippen molar-refractivity contribution in [2.75, 3.05) is 39.8 Å². The Morgan fingerprint density at radius 1 is 0.814 bits per heavy atom. The molecule has 220 valence electrons. The molecule has 4 aromatic carbocycles. The van der Waals surface area contributed by atoms with Gasteiger partial charge in [0, 0.05) is 42.5 Å². The van der Waals surface area contributed by atoms with Gasteiger partial charge in [-0.05, 0) is 55.0 Å². The van der Waals surface area contributed by atoms with Crippen molar-refractivity contribution in [1.29, 1.82) is 0 Å². The van der Waals surface area contributed by atoms with Crippen LogP contribution < -0.4 is 4.74 Å². The predicted molar refractivity (Wildman–Crippen MR) is 171 cm³/mol. The summed E-state index contributed by atoms with van der Waals surface area (Å²) in [6, 6.07) is 28.2. The molecule has 1 saturated heterocycles. The van der Waals surface area contributed by atoms with Gasteiger partial charge in [0.25, 0.3) is 0 Å². The van der Waals surface area contributed by atoms with E-state index in [4.69, 9.17) is 4.74 Å². The van der Waals surface area contributed by atoms with Gasteiger partial charge in [-0.1, -0.05) is 78.9 Å². The van der Waals surface area contributed by atoms with E-state index in [2.05, 4.69) is 43.1 Å². The molecule has 0 spiro atoms. The van der Waals surface area contributed by atoms with Gasteiger partial charge in [0.05, 0.1) is 12.1 Å². The molecule has 7 heteroatoms. The van der Waals surface area contributed by atoms with Crippen molar-refractivity contribution in [3.8, 4) is 16.9 Å². The molecule has 1 fully saturated rings. The highest BCUT2D eigenvalue weighted by Gasteiger charge is 2.28. The van der Waals surface area contributed by atoms with Crippen LogP contribution in [0.4, 0.5) is 0 Å². The zero-order valence-electron chi connectivity index (χ0n) is 24.8. The third-order valence-corrected chi connectivity index (χ3v) is 8.55. The van der Waals surface area contributed by atoms with E-state index in [9.17, 15) is 14.7 Å². The Kier molecular flexibility index (Phi) is 8.16. The first-order chi connectivity index (χ1) is 20.9. The largest absolute Gasteiger partial charge is 0.493 e. The number of hydrogen-bond acceptors (Lipinski definition) is 4. The molecule has 2 heterocycles. The summed E-state index contributed by atoms with van der Waals surface area (Å²) in [5, 5.41) is 13.6. The van der Waals surface area contributed by atoms with Crippen LogP contribution in [0.15, 0.2) is 84.9 Å². The molecule has 1 N–H and O–H groups in total. The number of carbonyl (C=O) groups is 2. The number of nitrogens with zero attached hydrogens (tertiary/aromatic N) is 3. The van der Waals surface area contributed by atoms with E-state index >= 15 is 0 Å². The number of aromatic carboxylic acids is 1. The minimum atomic E-state index is -1.02. The lowest BCUT2D eigenvalue weighted by Gasteiger charge is -2.32. The molecule has 6 rings (SSSR count). The molecular formula is C36H37N3O4. The maximum atomic E-state index is 13.6. The van der Waals surface area contributed by atoms with Crippen molar-refractivity contribution < 1.29 is 19.4 Å². The number of para-hydroxylation sites is 1. The Hall–Kier alpha value is -4.62. The number of ether oxygens (including phenoxy) is 1. The number of carboxylic acids is 1. The van der Waals surface area contributed by atoms with Gasteiger partial charge in [-0.15, -0.1) is 0 Å². The zero-order chi connectivity index (χ0) is 29.9. The van der Waals surface area contributed by atoms with Crippen LogP contribution >= 0.6 is 0 Å². The molecule has 0 atom stereocenters. The Bertz CT molecular complexity index is 1790. The van der Waals surface area contributed by atoms with Gasteiger partial charge < -0.3 is 24.2 Å². The number of piperazine rings is 1. The van der Waals surface area contributed by atoms with E-state index in [0.29, 0.717) is 32.5 Å². The number of aryl methyl sites for hydroxylation is 2. The highest BCUT2D eigenvalue weighted by Crippen LogP contribution is 2.37. The third-order valence-electron chi connectivity index (χ3n) is 8.55. The molecule has 0 radical (unpaired) electrons. The fraction of sp³-hybridized carbons (Fsp3) is 0.278. The molecule has 0 bridgehead atoms. The van der Waals surface area contributed by atoms with Crippen LogP contribution in [0.25, 0.3) is 32.8 Å². The lowest BCUT2D eigenvalue weighted by atomic mass is 9.97. The smallest absolute Gasteiger partial charge is 0.352 e. The highest BCUT2D eigenvalue weighted by atomic mass is 16.5. The number of carboxylic acid groups (broad SMARTS) is 1. The van der Waals surface area contributed by atoms with Gasteiger partial charge in [-0.2, -0.15) is 0 Å². The lowest BCUT2D eigenvalue weighted by molar-refractivity contribution is -0.133. The Morgan fingerprint density at radius 3 is 2.28 bits per heavy atom. The summed E-state index contributed by atoms with van der Waals surface area (Å²) in [7, 11) is 2.05. The average molecular weight is 576 g/mol. The number of aromatic nitrogens is 1. The molecule has 0 aliphatic carbocycles. The normalized spacial score (nSPS) is 14.0. The quantitative estimate of drug-likeness (QED) is 0.210. The standard InChI is InChI=1S/C36H37N3O4/c1-25-10-3-5-13-27(25)29-15-8-16-30-31(17-9-23-43-32-18-7-12-26-11-4-6-14-28(26)32)35(36(41)42)39(34(29)30)24-33(40)38-21-19-37(2)20-22-38/h3-8,10-16,18H,9,17,19-24H2,1-2H3,(H,41,42). The van der Waals surface area contributed by atoms with Crippen LogP contribution in [0.2, 0.25) is 0 Å². The van der Waals surface area contributed by atoms with Gasteiger partial charge >= 0.3 is 5.97 Å². The minimum Gasteiger partial charge on any atom is -0.493 e. The maximum absolute atomic E-state index is 13.6. The number of fused-ring (bicyclic) bond motifs is 2. The Labute approximate surface area is 251 Å². The first-order valence-corrected chi connectivity index (χ1v) is 14.9. The SMILES string of the molecule is Cc1ccccc1-c1cccc2c(CCCOc3cccc4ccccc34)c(C(=O)O)n(CC(=O)N3CCN(C)CC3)c12. The summed E-state index contributed by atoms with van der Waals surface area (Å²) in [4.78, 5) is 30.6. The second kappa shape index (κ2) is 12.3. The summed E-state index contributed by atoms with van der Waals surface area (Å²) in [5.41, 5.74) is 4.77. The van der Waals surface area contributed by atoms with E-state index in [-0.39, 0.29) is 18.1 Å². The number of carbonyl (C=O) groups excluding carboxylic acids is 1. The molecule has 0 unspecified atom stereocenters. The topological polar surface area (TPSA) is 75.0 Å². The average Bonchev–Trinajstić information content (AvgIpc) is 3.33. The summed E-state index contributed by atoms with van der Waals surface area (Å²) in [5.74, 6) is -0.264. The van der Waals surface area contributed by atoms with Crippen molar-refractivity contribution in [2.24, 2.45) is 0 Å². The van der Waals surface area contributed by atoms with Crippen LogP contribution in [0.1, 0.15) is 28.0 Å². The molecule has 1 amide bonds. The van der Waals surface area contributed by atoms with E-state index in [1.54, 1.807) is 4.57 Å². The molecule has 43 heavy (non-hydrogen) atoms. The molecule has 1 aliphatic rings. The highest BCUT2D eigenvalue weighted by molar-refractivity contribution is 6.05. The monoisotopic (exact) mass is 575 g/mol. The van der Waals surface area contributed by atoms with E-state index in [0.717, 1.165) is 62.8 Å². The summed E-state index contributed by atoms with van der Waals surface area (Å²) >= 11 is 0. The minimum absolute atomic E-state index is 0.0166. The summed E-state index contributed by atoms with van der Waals surface area (Å²) < 4.78 is 7.95. The predicted octanol–water partition coefficient (Wildman–Crippen LogP) is 6.25. The van der Waals surface area contributed by atoms with Crippen molar-refractivity contribution in [3.05, 3.63) is 102 Å². The van der Waals surface area contributed by atoms with Gasteiger partial charge in [0.1, 0.15) is 18.0 Å². The van der Waals surface area contributed by atoms with Gasteiger partial charge in [0.15, 0.2) is 0 Å². The number of rotatable bonds is 9. The Balaban J connectivity index is 1.37. The van der Waals surface area contributed by atoms with Crippen molar-refractivity contribution in [3.63, 3.8) is 0 Å². The third kappa shape index (κ3) is 5.73. The van der Waals surface area contributed by atoms with Crippen molar-refractivity contribution in [2.45, 2.75) is 26.3 Å². The van der Waals surface area contributed by atoms with Gasteiger partial charge in [-0.25, -0.2) is 4.79 Å². The van der Waals surface area contributed by atoms with E-state index < -0.39 is 5.97 Å². The van der Waals surface area contributed by atoms with Crippen LogP contribution in [0, 0.1) is 6.92 Å². The van der Waals surface area contributed by atoms with Crippen LogP contribution in [0.5, 0.6) is 5.75 Å². The number of likely N-dealkylation sites (N-methyl/N-ethyl adjacent to an activating group) is 1. The first-order valence-electron chi connectivity index (χ1n) is 14.9. The lowest BCUT2D eigenvalue weighted by Crippen LogP contribution is -2.48. The van der Waals surface area contributed by atoms with Crippen molar-refractivity contribution >= 4 is 33.6 Å².